The van der Waals surface area contributed by atoms with E-state index in [0.29, 0.717) is 17.9 Å². The maximum atomic E-state index is 11.8. The molecular formula is C16H16O4. The van der Waals surface area contributed by atoms with Gasteiger partial charge in [0.1, 0.15) is 5.75 Å². The lowest BCUT2D eigenvalue weighted by Gasteiger charge is -2.08. The number of carbonyl (C=O) groups excluding carboxylic acids is 2. The Labute approximate surface area is 117 Å². The molecule has 104 valence electrons. The maximum absolute atomic E-state index is 11.8. The molecule has 0 fully saturated rings. The fraction of sp³-hybridized carbons (Fsp3) is 0.250. The SMILES string of the molecule is CCOC(=O)c1cc(C)c2cc(OC(C)=O)ccc2c1. The molecule has 0 radical (unpaired) electrons. The molecule has 0 aromatic heterocycles. The summed E-state index contributed by atoms with van der Waals surface area (Å²) in [7, 11) is 0. The number of carbonyl (C=O) groups is 2. The second-order valence-electron chi connectivity index (χ2n) is 4.49. The van der Waals surface area contributed by atoms with Crippen molar-refractivity contribution in [3.05, 3.63) is 41.5 Å². The van der Waals surface area contributed by atoms with Gasteiger partial charge in [0.2, 0.25) is 0 Å². The van der Waals surface area contributed by atoms with E-state index in [4.69, 9.17) is 9.47 Å². The molecule has 4 nitrogen and oxygen atoms in total. The van der Waals surface area contributed by atoms with Crippen LogP contribution in [0.5, 0.6) is 5.75 Å². The molecule has 0 aliphatic rings. The molecule has 0 amide bonds. The van der Waals surface area contributed by atoms with Crippen LogP contribution in [0.2, 0.25) is 0 Å². The molecular weight excluding hydrogens is 256 g/mol. The van der Waals surface area contributed by atoms with E-state index in [2.05, 4.69) is 0 Å². The predicted octanol–water partition coefficient (Wildman–Crippen LogP) is 3.25. The van der Waals surface area contributed by atoms with E-state index in [1.165, 1.54) is 6.92 Å². The smallest absolute Gasteiger partial charge is 0.338 e. The van der Waals surface area contributed by atoms with Gasteiger partial charge < -0.3 is 9.47 Å². The topological polar surface area (TPSA) is 52.6 Å². The minimum atomic E-state index is -0.356. The summed E-state index contributed by atoms with van der Waals surface area (Å²) in [4.78, 5) is 22.7. The minimum Gasteiger partial charge on any atom is -0.462 e. The standard InChI is InChI=1S/C16H16O4/c1-4-19-16(18)13-7-10(2)15-9-14(20-11(3)17)6-5-12(15)8-13/h5-9H,4H2,1-3H3. The third-order valence-electron chi connectivity index (χ3n) is 2.91. The molecule has 0 saturated heterocycles. The van der Waals surface area contributed by atoms with Gasteiger partial charge in [-0.1, -0.05) is 6.07 Å². The average molecular weight is 272 g/mol. The summed E-state index contributed by atoms with van der Waals surface area (Å²) in [6.07, 6.45) is 0. The first-order valence-corrected chi connectivity index (χ1v) is 6.41. The second kappa shape index (κ2) is 5.74. The lowest BCUT2D eigenvalue weighted by atomic mass is 10.0. The van der Waals surface area contributed by atoms with Gasteiger partial charge in [-0.3, -0.25) is 4.79 Å². The van der Waals surface area contributed by atoms with E-state index >= 15 is 0 Å². The maximum Gasteiger partial charge on any atom is 0.338 e. The van der Waals surface area contributed by atoms with Crippen molar-refractivity contribution in [3.63, 3.8) is 0 Å². The highest BCUT2D eigenvalue weighted by Crippen LogP contribution is 2.26. The van der Waals surface area contributed by atoms with Gasteiger partial charge in [0.25, 0.3) is 0 Å². The molecule has 0 N–H and O–H groups in total. The Bertz CT molecular complexity index is 673. The Kier molecular flexibility index (Phi) is 4.03. The van der Waals surface area contributed by atoms with Crippen molar-refractivity contribution >= 4 is 22.7 Å². The van der Waals surface area contributed by atoms with Gasteiger partial charge >= 0.3 is 11.9 Å². The molecule has 2 aromatic rings. The molecule has 2 aromatic carbocycles. The Morgan fingerprint density at radius 2 is 1.90 bits per heavy atom. The molecule has 0 saturated carbocycles. The Balaban J connectivity index is 2.46. The zero-order chi connectivity index (χ0) is 14.7. The first-order valence-electron chi connectivity index (χ1n) is 6.41. The van der Waals surface area contributed by atoms with E-state index in [9.17, 15) is 9.59 Å². The number of ether oxygens (including phenoxy) is 2. The number of fused-ring (bicyclic) bond motifs is 1. The van der Waals surface area contributed by atoms with Gasteiger partial charge in [0.15, 0.2) is 0 Å². The first-order chi connectivity index (χ1) is 9.51. The summed E-state index contributed by atoms with van der Waals surface area (Å²) >= 11 is 0. The van der Waals surface area contributed by atoms with Crippen molar-refractivity contribution in [1.82, 2.24) is 0 Å². The van der Waals surface area contributed by atoms with Gasteiger partial charge in [0.05, 0.1) is 12.2 Å². The van der Waals surface area contributed by atoms with Crippen molar-refractivity contribution in [1.29, 1.82) is 0 Å². The average Bonchev–Trinajstić information content (AvgIpc) is 2.39. The van der Waals surface area contributed by atoms with Gasteiger partial charge in [0, 0.05) is 6.92 Å². The van der Waals surface area contributed by atoms with Crippen molar-refractivity contribution < 1.29 is 19.1 Å². The van der Waals surface area contributed by atoms with Crippen LogP contribution in [0.3, 0.4) is 0 Å². The number of hydrogen-bond acceptors (Lipinski definition) is 4. The normalized spacial score (nSPS) is 10.3. The van der Waals surface area contributed by atoms with Crippen LogP contribution in [0.4, 0.5) is 0 Å². The van der Waals surface area contributed by atoms with Crippen LogP contribution in [-0.4, -0.2) is 18.5 Å². The third kappa shape index (κ3) is 2.96. The van der Waals surface area contributed by atoms with Crippen LogP contribution in [-0.2, 0) is 9.53 Å². The van der Waals surface area contributed by atoms with Crippen molar-refractivity contribution in [2.24, 2.45) is 0 Å². The highest BCUT2D eigenvalue weighted by molar-refractivity contribution is 5.97. The quantitative estimate of drug-likeness (QED) is 0.635. The minimum absolute atomic E-state index is 0.332. The van der Waals surface area contributed by atoms with Crippen LogP contribution in [0.15, 0.2) is 30.3 Å². The molecule has 0 bridgehead atoms. The largest absolute Gasteiger partial charge is 0.462 e. The number of aryl methyl sites for hydroxylation is 1. The lowest BCUT2D eigenvalue weighted by Crippen LogP contribution is -2.05. The monoisotopic (exact) mass is 272 g/mol. The van der Waals surface area contributed by atoms with Gasteiger partial charge in [-0.25, -0.2) is 4.79 Å². The summed E-state index contributed by atoms with van der Waals surface area (Å²) in [5.41, 5.74) is 1.46. The van der Waals surface area contributed by atoms with E-state index in [0.717, 1.165) is 16.3 Å². The Morgan fingerprint density at radius 1 is 1.15 bits per heavy atom. The fourth-order valence-electron chi connectivity index (χ4n) is 2.08. The molecule has 0 atom stereocenters. The fourth-order valence-corrected chi connectivity index (χ4v) is 2.08. The van der Waals surface area contributed by atoms with E-state index in [1.807, 2.05) is 13.0 Å². The zero-order valence-corrected chi connectivity index (χ0v) is 11.7. The van der Waals surface area contributed by atoms with Gasteiger partial charge in [-0.05, 0) is 54.4 Å². The lowest BCUT2D eigenvalue weighted by molar-refractivity contribution is -0.131. The Hall–Kier alpha value is -2.36. The highest BCUT2D eigenvalue weighted by Gasteiger charge is 2.10. The number of rotatable bonds is 3. The molecule has 20 heavy (non-hydrogen) atoms. The van der Waals surface area contributed by atoms with Crippen LogP contribution in [0.25, 0.3) is 10.8 Å². The third-order valence-corrected chi connectivity index (χ3v) is 2.91. The van der Waals surface area contributed by atoms with Crippen LogP contribution in [0, 0.1) is 6.92 Å². The van der Waals surface area contributed by atoms with Crippen molar-refractivity contribution in [3.8, 4) is 5.75 Å². The summed E-state index contributed by atoms with van der Waals surface area (Å²) in [6, 6.07) is 8.87. The van der Waals surface area contributed by atoms with Crippen molar-refractivity contribution in [2.75, 3.05) is 6.61 Å². The number of hydrogen-bond donors (Lipinski definition) is 0. The van der Waals surface area contributed by atoms with Crippen LogP contribution in [0.1, 0.15) is 29.8 Å². The summed E-state index contributed by atoms with van der Waals surface area (Å²) in [6.45, 7) is 5.39. The molecule has 2 rings (SSSR count). The summed E-state index contributed by atoms with van der Waals surface area (Å²) in [5.74, 6) is -0.191. The summed E-state index contributed by atoms with van der Waals surface area (Å²) in [5, 5.41) is 1.85. The first kappa shape index (κ1) is 14.1. The number of benzene rings is 2. The molecule has 0 aliphatic heterocycles. The van der Waals surface area contributed by atoms with E-state index in [-0.39, 0.29) is 11.9 Å². The molecule has 0 heterocycles. The number of esters is 2. The summed E-state index contributed by atoms with van der Waals surface area (Å²) < 4.78 is 10.1. The molecule has 4 heteroatoms. The van der Waals surface area contributed by atoms with Gasteiger partial charge in [-0.2, -0.15) is 0 Å². The molecule has 0 unspecified atom stereocenters. The Morgan fingerprint density at radius 3 is 2.55 bits per heavy atom. The van der Waals surface area contributed by atoms with Crippen molar-refractivity contribution in [2.45, 2.75) is 20.8 Å². The van der Waals surface area contributed by atoms with Gasteiger partial charge in [-0.15, -0.1) is 0 Å². The molecule has 0 spiro atoms. The molecule has 0 aliphatic carbocycles. The predicted molar refractivity (Wildman–Crippen MR) is 76.0 cm³/mol. The zero-order valence-electron chi connectivity index (χ0n) is 11.7. The van der Waals surface area contributed by atoms with Crippen LogP contribution >= 0.6 is 0 Å². The highest BCUT2D eigenvalue weighted by atomic mass is 16.5. The van der Waals surface area contributed by atoms with E-state index < -0.39 is 0 Å². The second-order valence-corrected chi connectivity index (χ2v) is 4.49. The van der Waals surface area contributed by atoms with Crippen LogP contribution < -0.4 is 4.74 Å². The van der Waals surface area contributed by atoms with E-state index in [1.54, 1.807) is 31.2 Å².